The summed E-state index contributed by atoms with van der Waals surface area (Å²) in [6, 6.07) is 9.25. The summed E-state index contributed by atoms with van der Waals surface area (Å²) in [5.41, 5.74) is 5.27. The van der Waals surface area contributed by atoms with Crippen molar-refractivity contribution < 1.29 is 14.7 Å². The first-order valence-electron chi connectivity index (χ1n) is 11.2. The van der Waals surface area contributed by atoms with E-state index in [0.29, 0.717) is 25.8 Å². The third-order valence-electron chi connectivity index (χ3n) is 6.69. The average Bonchev–Trinajstić information content (AvgIpc) is 3.11. The summed E-state index contributed by atoms with van der Waals surface area (Å²) in [7, 11) is 0. The normalized spacial score (nSPS) is 18.9. The maximum absolute atomic E-state index is 12.1. The first kappa shape index (κ1) is 22.5. The molecule has 1 aromatic carbocycles. The number of nitrogens with zero attached hydrogens (tertiary/aromatic N) is 5. The lowest BCUT2D eigenvalue weighted by atomic mass is 9.95. The van der Waals surface area contributed by atoms with Gasteiger partial charge in [-0.3, -0.25) is 9.78 Å². The third kappa shape index (κ3) is 3.83. The molecule has 0 bridgehead atoms. The van der Waals surface area contributed by atoms with Gasteiger partial charge in [0.2, 0.25) is 5.91 Å². The summed E-state index contributed by atoms with van der Waals surface area (Å²) < 4.78 is 2.68. The van der Waals surface area contributed by atoms with Crippen LogP contribution in [0.25, 0.3) is 27.7 Å². The van der Waals surface area contributed by atoms with Crippen LogP contribution in [-0.4, -0.2) is 54.1 Å². The molecule has 1 aliphatic heterocycles. The quantitative estimate of drug-likeness (QED) is 0.423. The van der Waals surface area contributed by atoms with Crippen molar-refractivity contribution in [3.8, 4) is 11.1 Å². The number of amides is 1. The van der Waals surface area contributed by atoms with Gasteiger partial charge in [-0.05, 0) is 54.2 Å². The van der Waals surface area contributed by atoms with Crippen molar-refractivity contribution in [2.24, 2.45) is 0 Å². The van der Waals surface area contributed by atoms with Crippen LogP contribution < -0.4 is 0 Å². The molecular weight excluding hydrogens is 498 g/mol. The molecule has 2 atom stereocenters. The zero-order chi connectivity index (χ0) is 24.0. The van der Waals surface area contributed by atoms with E-state index in [2.05, 4.69) is 32.1 Å². The van der Waals surface area contributed by atoms with Gasteiger partial charge in [-0.1, -0.05) is 18.2 Å². The van der Waals surface area contributed by atoms with E-state index in [1.54, 1.807) is 0 Å². The van der Waals surface area contributed by atoms with E-state index in [1.807, 2.05) is 48.1 Å². The van der Waals surface area contributed by atoms with E-state index >= 15 is 0 Å². The number of carboxylic acids is 1. The summed E-state index contributed by atoms with van der Waals surface area (Å²) in [6.07, 6.45) is 5.31. The van der Waals surface area contributed by atoms with Gasteiger partial charge in [0, 0.05) is 42.1 Å². The van der Waals surface area contributed by atoms with Crippen molar-refractivity contribution in [2.45, 2.75) is 45.1 Å². The molecule has 0 saturated carbocycles. The van der Waals surface area contributed by atoms with Gasteiger partial charge in [-0.25, -0.2) is 14.3 Å². The Morgan fingerprint density at radius 2 is 1.94 bits per heavy atom. The zero-order valence-corrected chi connectivity index (χ0v) is 20.5. The predicted molar refractivity (Wildman–Crippen MR) is 132 cm³/mol. The van der Waals surface area contributed by atoms with E-state index < -0.39 is 12.0 Å². The number of aliphatic carboxylic acids is 1. The van der Waals surface area contributed by atoms with Crippen molar-refractivity contribution in [1.82, 2.24) is 24.5 Å². The number of carbonyl (C=O) groups is 2. The molecule has 0 spiro atoms. The molecule has 34 heavy (non-hydrogen) atoms. The number of para-hydroxylation sites is 1. The number of aryl methyl sites for hydroxylation is 1. The minimum atomic E-state index is -0.962. The van der Waals surface area contributed by atoms with Gasteiger partial charge >= 0.3 is 5.97 Å². The Kier molecular flexibility index (Phi) is 5.81. The maximum Gasteiger partial charge on any atom is 0.326 e. The standard InChI is InChI=1S/C25H24BrN5O3/c1-14-22(26)23(16-7-8-21(25(33)34)30(10-9-16)15(2)32)29-24-19(13-28-31(14)24)18-11-17-5-3-4-6-20(17)27-12-18/h3-6,11-13,16,21H,7-10H2,1-2H3,(H,33,34). The van der Waals surface area contributed by atoms with Crippen molar-refractivity contribution in [3.63, 3.8) is 0 Å². The number of fused-ring (bicyclic) bond motifs is 2. The van der Waals surface area contributed by atoms with Gasteiger partial charge in [0.15, 0.2) is 5.65 Å². The second-order valence-electron chi connectivity index (χ2n) is 8.74. The van der Waals surface area contributed by atoms with Gasteiger partial charge in [0.05, 0.1) is 27.6 Å². The SMILES string of the molecule is CC(=O)N1CCC(c2nc3c(-c4cnc5ccccc5c4)cnn3c(C)c2Br)CCC1C(=O)O. The largest absolute Gasteiger partial charge is 0.480 e. The summed E-state index contributed by atoms with van der Waals surface area (Å²) >= 11 is 3.72. The Labute approximate surface area is 204 Å². The lowest BCUT2D eigenvalue weighted by Gasteiger charge is -2.25. The van der Waals surface area contributed by atoms with Crippen LogP contribution in [0.5, 0.6) is 0 Å². The second kappa shape index (κ2) is 8.79. The molecule has 5 rings (SSSR count). The van der Waals surface area contributed by atoms with Crippen LogP contribution in [-0.2, 0) is 9.59 Å². The van der Waals surface area contributed by atoms with E-state index in [0.717, 1.165) is 43.5 Å². The molecule has 9 heteroatoms. The highest BCUT2D eigenvalue weighted by Crippen LogP contribution is 2.37. The second-order valence-corrected chi connectivity index (χ2v) is 9.53. The molecule has 1 N–H and O–H groups in total. The Morgan fingerprint density at radius 1 is 1.15 bits per heavy atom. The molecule has 0 radical (unpaired) electrons. The average molecular weight is 522 g/mol. The monoisotopic (exact) mass is 521 g/mol. The molecule has 1 amide bonds. The fraction of sp³-hybridized carbons (Fsp3) is 0.320. The Morgan fingerprint density at radius 3 is 2.71 bits per heavy atom. The lowest BCUT2D eigenvalue weighted by Crippen LogP contribution is -2.43. The van der Waals surface area contributed by atoms with Crippen molar-refractivity contribution >= 4 is 44.4 Å². The number of aromatic nitrogens is 4. The number of hydrogen-bond donors (Lipinski definition) is 1. The van der Waals surface area contributed by atoms with Crippen LogP contribution in [0, 0.1) is 6.92 Å². The fourth-order valence-corrected chi connectivity index (χ4v) is 5.43. The van der Waals surface area contributed by atoms with Crippen LogP contribution in [0.3, 0.4) is 0 Å². The molecule has 3 aromatic heterocycles. The number of halogens is 1. The number of pyridine rings is 1. The molecule has 2 unspecified atom stereocenters. The van der Waals surface area contributed by atoms with Crippen molar-refractivity contribution in [1.29, 1.82) is 0 Å². The molecule has 8 nitrogen and oxygen atoms in total. The van der Waals surface area contributed by atoms with Gasteiger partial charge in [-0.2, -0.15) is 5.10 Å². The zero-order valence-electron chi connectivity index (χ0n) is 18.9. The molecule has 4 aromatic rings. The van der Waals surface area contributed by atoms with E-state index in [-0.39, 0.29) is 11.8 Å². The van der Waals surface area contributed by atoms with Crippen LogP contribution >= 0.6 is 15.9 Å². The minimum Gasteiger partial charge on any atom is -0.480 e. The summed E-state index contributed by atoms with van der Waals surface area (Å²) in [4.78, 5) is 35.0. The van der Waals surface area contributed by atoms with Crippen LogP contribution in [0.15, 0.2) is 47.2 Å². The Balaban J connectivity index is 1.58. The molecule has 1 aliphatic rings. The number of carbonyl (C=O) groups excluding carboxylic acids is 1. The molecule has 174 valence electrons. The van der Waals surface area contributed by atoms with Crippen molar-refractivity contribution in [3.05, 3.63) is 58.6 Å². The molecular formula is C25H24BrN5O3. The summed E-state index contributed by atoms with van der Waals surface area (Å²) in [6.45, 7) is 3.79. The van der Waals surface area contributed by atoms with Crippen molar-refractivity contribution in [2.75, 3.05) is 6.54 Å². The van der Waals surface area contributed by atoms with Gasteiger partial charge in [-0.15, -0.1) is 0 Å². The first-order chi connectivity index (χ1) is 16.3. The summed E-state index contributed by atoms with van der Waals surface area (Å²) in [5, 5.41) is 15.3. The van der Waals surface area contributed by atoms with E-state index in [1.165, 1.54) is 11.8 Å². The predicted octanol–water partition coefficient (Wildman–Crippen LogP) is 4.58. The fourth-order valence-electron chi connectivity index (χ4n) is 4.85. The lowest BCUT2D eigenvalue weighted by molar-refractivity contribution is -0.149. The van der Waals surface area contributed by atoms with Gasteiger partial charge < -0.3 is 10.0 Å². The number of carboxylic acid groups (broad SMARTS) is 1. The number of rotatable bonds is 3. The topological polar surface area (TPSA) is 101 Å². The highest BCUT2D eigenvalue weighted by molar-refractivity contribution is 9.10. The molecule has 0 aliphatic carbocycles. The van der Waals surface area contributed by atoms with Crippen LogP contribution in [0.2, 0.25) is 0 Å². The van der Waals surface area contributed by atoms with Crippen LogP contribution in [0.4, 0.5) is 0 Å². The Bertz CT molecular complexity index is 1410. The first-order valence-corrected chi connectivity index (χ1v) is 12.0. The van der Waals surface area contributed by atoms with Crippen LogP contribution in [0.1, 0.15) is 43.5 Å². The van der Waals surface area contributed by atoms with E-state index in [9.17, 15) is 14.7 Å². The Hall–Kier alpha value is -3.33. The highest BCUT2D eigenvalue weighted by Gasteiger charge is 2.33. The number of likely N-dealkylation sites (tertiary alicyclic amines) is 1. The molecule has 1 saturated heterocycles. The van der Waals surface area contributed by atoms with E-state index in [4.69, 9.17) is 4.98 Å². The smallest absolute Gasteiger partial charge is 0.326 e. The maximum atomic E-state index is 12.1. The number of hydrogen-bond acceptors (Lipinski definition) is 5. The summed E-state index contributed by atoms with van der Waals surface area (Å²) in [5.74, 6) is -1.16. The third-order valence-corrected chi connectivity index (χ3v) is 7.67. The number of benzene rings is 1. The van der Waals surface area contributed by atoms with Gasteiger partial charge in [0.1, 0.15) is 6.04 Å². The minimum absolute atomic E-state index is 0.0155. The molecule has 1 fully saturated rings. The highest BCUT2D eigenvalue weighted by atomic mass is 79.9. The van der Waals surface area contributed by atoms with Gasteiger partial charge in [0.25, 0.3) is 0 Å². The molecule has 4 heterocycles.